The molecule has 2 atom stereocenters. The molecule has 2 aliphatic rings. The largest absolute Gasteiger partial charge is 0.465 e. The molecule has 1 unspecified atom stereocenters. The molecule has 0 saturated heterocycles. The fourth-order valence-electron chi connectivity index (χ4n) is 3.21. The van der Waals surface area contributed by atoms with Crippen molar-refractivity contribution < 1.29 is 19.1 Å². The average molecular weight is 266 g/mol. The SMILES string of the molecule is CCOC(=O)C1(C(=O)OCC)C2/C=C\CCCC[C@@H]21. The first-order valence-corrected chi connectivity index (χ1v) is 7.20. The number of hydrogen-bond acceptors (Lipinski definition) is 4. The first kappa shape index (κ1) is 14.1. The van der Waals surface area contributed by atoms with Gasteiger partial charge in [-0.3, -0.25) is 9.59 Å². The Labute approximate surface area is 114 Å². The van der Waals surface area contributed by atoms with Gasteiger partial charge >= 0.3 is 11.9 Å². The van der Waals surface area contributed by atoms with Crippen molar-refractivity contribution >= 4 is 11.9 Å². The highest BCUT2D eigenvalue weighted by atomic mass is 16.6. The van der Waals surface area contributed by atoms with Gasteiger partial charge in [0.15, 0.2) is 5.41 Å². The molecular formula is C15H22O4. The Bertz CT molecular complexity index is 368. The van der Waals surface area contributed by atoms with Gasteiger partial charge < -0.3 is 9.47 Å². The molecule has 0 bridgehead atoms. The summed E-state index contributed by atoms with van der Waals surface area (Å²) in [5.41, 5.74) is -1.06. The van der Waals surface area contributed by atoms with Crippen LogP contribution in [0.3, 0.4) is 0 Å². The molecule has 0 aromatic carbocycles. The summed E-state index contributed by atoms with van der Waals surface area (Å²) < 4.78 is 10.3. The summed E-state index contributed by atoms with van der Waals surface area (Å²) in [6.07, 6.45) is 8.17. The molecule has 0 heterocycles. The number of rotatable bonds is 4. The number of carbonyl (C=O) groups excluding carboxylic acids is 2. The minimum absolute atomic E-state index is 0.0362. The van der Waals surface area contributed by atoms with Crippen LogP contribution in [-0.2, 0) is 19.1 Å². The summed E-state index contributed by atoms with van der Waals surface area (Å²) in [6, 6.07) is 0. The van der Waals surface area contributed by atoms with Crippen molar-refractivity contribution in [3.8, 4) is 0 Å². The van der Waals surface area contributed by atoms with Crippen LogP contribution in [-0.4, -0.2) is 25.2 Å². The Morgan fingerprint density at radius 1 is 1.16 bits per heavy atom. The third-order valence-corrected chi connectivity index (χ3v) is 4.14. The standard InChI is InChI=1S/C15H22O4/c1-3-18-13(16)15(14(17)19-4-2)11-9-7-5-6-8-10-12(11)15/h7,9,11-12H,3-6,8,10H2,1-2H3/b9-7-/t11?,12-/m0/s1. The minimum atomic E-state index is -1.06. The molecule has 0 aromatic heterocycles. The van der Waals surface area contributed by atoms with Crippen LogP contribution in [0.2, 0.25) is 0 Å². The number of esters is 2. The van der Waals surface area contributed by atoms with E-state index in [4.69, 9.17) is 9.47 Å². The van der Waals surface area contributed by atoms with Crippen LogP contribution in [0.25, 0.3) is 0 Å². The molecule has 0 spiro atoms. The second kappa shape index (κ2) is 5.76. The molecule has 0 radical (unpaired) electrons. The van der Waals surface area contributed by atoms with E-state index in [1.54, 1.807) is 13.8 Å². The number of ether oxygens (including phenoxy) is 2. The highest BCUT2D eigenvalue weighted by Crippen LogP contribution is 2.63. The lowest BCUT2D eigenvalue weighted by Crippen LogP contribution is -2.33. The molecule has 2 aliphatic carbocycles. The van der Waals surface area contributed by atoms with Crippen molar-refractivity contribution in [1.29, 1.82) is 0 Å². The highest BCUT2D eigenvalue weighted by Gasteiger charge is 2.74. The Morgan fingerprint density at radius 3 is 2.37 bits per heavy atom. The zero-order valence-corrected chi connectivity index (χ0v) is 11.7. The summed E-state index contributed by atoms with van der Waals surface area (Å²) in [6.45, 7) is 4.11. The van der Waals surface area contributed by atoms with Crippen molar-refractivity contribution in [1.82, 2.24) is 0 Å². The van der Waals surface area contributed by atoms with Gasteiger partial charge in [0.05, 0.1) is 13.2 Å². The lowest BCUT2D eigenvalue weighted by molar-refractivity contribution is -0.165. The minimum Gasteiger partial charge on any atom is -0.465 e. The van der Waals surface area contributed by atoms with Crippen molar-refractivity contribution in [3.63, 3.8) is 0 Å². The highest BCUT2D eigenvalue weighted by molar-refractivity contribution is 6.05. The van der Waals surface area contributed by atoms with Crippen LogP contribution in [0.15, 0.2) is 12.2 Å². The molecule has 19 heavy (non-hydrogen) atoms. The van der Waals surface area contributed by atoms with E-state index in [1.807, 2.05) is 6.08 Å². The van der Waals surface area contributed by atoms with Crippen LogP contribution < -0.4 is 0 Å². The normalized spacial score (nSPS) is 29.4. The van der Waals surface area contributed by atoms with E-state index in [0.717, 1.165) is 25.7 Å². The second-order valence-electron chi connectivity index (χ2n) is 5.15. The van der Waals surface area contributed by atoms with Gasteiger partial charge in [0.2, 0.25) is 0 Å². The smallest absolute Gasteiger partial charge is 0.324 e. The quantitative estimate of drug-likeness (QED) is 0.445. The molecule has 1 fully saturated rings. The monoisotopic (exact) mass is 266 g/mol. The molecule has 0 N–H and O–H groups in total. The number of fused-ring (bicyclic) bond motifs is 1. The summed E-state index contributed by atoms with van der Waals surface area (Å²) in [4.78, 5) is 24.6. The second-order valence-corrected chi connectivity index (χ2v) is 5.15. The zero-order valence-electron chi connectivity index (χ0n) is 11.7. The van der Waals surface area contributed by atoms with E-state index in [0.29, 0.717) is 13.2 Å². The summed E-state index contributed by atoms with van der Waals surface area (Å²) in [5.74, 6) is -0.793. The van der Waals surface area contributed by atoms with E-state index in [9.17, 15) is 9.59 Å². The van der Waals surface area contributed by atoms with Crippen molar-refractivity contribution in [3.05, 3.63) is 12.2 Å². The topological polar surface area (TPSA) is 52.6 Å². The van der Waals surface area contributed by atoms with Gasteiger partial charge in [0.25, 0.3) is 0 Å². The molecule has 0 aromatic rings. The van der Waals surface area contributed by atoms with Gasteiger partial charge in [-0.05, 0) is 39.0 Å². The molecule has 0 aliphatic heterocycles. The van der Waals surface area contributed by atoms with Gasteiger partial charge in [-0.2, -0.15) is 0 Å². The Balaban J connectivity index is 2.26. The molecule has 106 valence electrons. The molecular weight excluding hydrogens is 244 g/mol. The fourth-order valence-corrected chi connectivity index (χ4v) is 3.21. The maximum atomic E-state index is 12.3. The molecule has 4 heteroatoms. The van der Waals surface area contributed by atoms with Crippen LogP contribution in [0.1, 0.15) is 39.5 Å². The van der Waals surface area contributed by atoms with Gasteiger partial charge in [-0.25, -0.2) is 0 Å². The predicted octanol–water partition coefficient (Wildman–Crippen LogP) is 2.48. The summed E-state index contributed by atoms with van der Waals surface area (Å²) >= 11 is 0. The van der Waals surface area contributed by atoms with Crippen molar-refractivity contribution in [2.24, 2.45) is 17.3 Å². The molecule has 2 rings (SSSR count). The van der Waals surface area contributed by atoms with Gasteiger partial charge in [0.1, 0.15) is 0 Å². The van der Waals surface area contributed by atoms with Crippen LogP contribution in [0.5, 0.6) is 0 Å². The first-order chi connectivity index (χ1) is 9.19. The van der Waals surface area contributed by atoms with Crippen LogP contribution >= 0.6 is 0 Å². The third-order valence-electron chi connectivity index (χ3n) is 4.14. The molecule has 0 amide bonds. The maximum Gasteiger partial charge on any atom is 0.324 e. The van der Waals surface area contributed by atoms with E-state index in [-0.39, 0.29) is 11.8 Å². The van der Waals surface area contributed by atoms with E-state index in [1.165, 1.54) is 0 Å². The fraction of sp³-hybridized carbons (Fsp3) is 0.733. The van der Waals surface area contributed by atoms with Crippen molar-refractivity contribution in [2.75, 3.05) is 13.2 Å². The summed E-state index contributed by atoms with van der Waals surface area (Å²) in [5, 5.41) is 0. The van der Waals surface area contributed by atoms with Crippen LogP contribution in [0, 0.1) is 17.3 Å². The van der Waals surface area contributed by atoms with E-state index >= 15 is 0 Å². The number of carbonyl (C=O) groups is 2. The Kier molecular flexibility index (Phi) is 4.27. The number of allylic oxidation sites excluding steroid dienone is 2. The number of hydrogen-bond donors (Lipinski definition) is 0. The van der Waals surface area contributed by atoms with Gasteiger partial charge in [-0.15, -0.1) is 0 Å². The summed E-state index contributed by atoms with van der Waals surface area (Å²) in [7, 11) is 0. The maximum absolute atomic E-state index is 12.3. The molecule has 1 saturated carbocycles. The van der Waals surface area contributed by atoms with E-state index in [2.05, 4.69) is 6.08 Å². The average Bonchev–Trinajstić information content (AvgIpc) is 2.96. The zero-order chi connectivity index (χ0) is 13.9. The first-order valence-electron chi connectivity index (χ1n) is 7.20. The van der Waals surface area contributed by atoms with Gasteiger partial charge in [-0.1, -0.05) is 18.6 Å². The predicted molar refractivity (Wildman–Crippen MR) is 70.3 cm³/mol. The lowest BCUT2D eigenvalue weighted by atomic mass is 10.00. The lowest BCUT2D eigenvalue weighted by Gasteiger charge is -2.15. The Hall–Kier alpha value is -1.32. The van der Waals surface area contributed by atoms with Crippen molar-refractivity contribution in [2.45, 2.75) is 39.5 Å². The van der Waals surface area contributed by atoms with Crippen LogP contribution in [0.4, 0.5) is 0 Å². The Morgan fingerprint density at radius 2 is 1.79 bits per heavy atom. The molecule has 4 nitrogen and oxygen atoms in total. The van der Waals surface area contributed by atoms with Gasteiger partial charge in [0, 0.05) is 5.92 Å². The third kappa shape index (κ3) is 2.28. The van der Waals surface area contributed by atoms with E-state index < -0.39 is 17.4 Å².